The number of aryl methyl sites for hydroxylation is 1. The second-order valence-corrected chi connectivity index (χ2v) is 9.53. The molecule has 2 saturated heterocycles. The summed E-state index contributed by atoms with van der Waals surface area (Å²) in [4.78, 5) is 14.9. The third kappa shape index (κ3) is 3.42. The fourth-order valence-electron chi connectivity index (χ4n) is 5.38. The first-order valence-corrected chi connectivity index (χ1v) is 11.0. The molecule has 5 rings (SSSR count). The van der Waals surface area contributed by atoms with Gasteiger partial charge in [-0.05, 0) is 47.1 Å². The van der Waals surface area contributed by atoms with Crippen molar-refractivity contribution in [3.63, 3.8) is 0 Å². The molecular formula is C21H31FN8O. The van der Waals surface area contributed by atoms with Crippen molar-refractivity contribution in [1.82, 2.24) is 34.9 Å². The van der Waals surface area contributed by atoms with Crippen LogP contribution >= 0.6 is 0 Å². The molecule has 0 amide bonds. The van der Waals surface area contributed by atoms with E-state index in [-0.39, 0.29) is 11.9 Å². The van der Waals surface area contributed by atoms with E-state index in [2.05, 4.69) is 61.0 Å². The van der Waals surface area contributed by atoms with E-state index in [4.69, 9.17) is 0 Å². The first-order chi connectivity index (χ1) is 14.8. The number of aliphatic hydroxyl groups is 1. The third-order valence-corrected chi connectivity index (χ3v) is 7.19. The van der Waals surface area contributed by atoms with Crippen LogP contribution in [-0.4, -0.2) is 78.0 Å². The molecule has 2 fully saturated rings. The molecule has 5 heterocycles. The highest BCUT2D eigenvalue weighted by Crippen LogP contribution is 2.43. The molecule has 0 radical (unpaired) electrons. The minimum atomic E-state index is -0.709. The molecule has 31 heavy (non-hydrogen) atoms. The van der Waals surface area contributed by atoms with E-state index in [1.54, 1.807) is 6.92 Å². The number of anilines is 2. The van der Waals surface area contributed by atoms with Crippen molar-refractivity contribution in [1.29, 1.82) is 0 Å². The average molecular weight is 431 g/mol. The number of halogens is 1. The molecule has 168 valence electrons. The van der Waals surface area contributed by atoms with Gasteiger partial charge in [0.05, 0.1) is 17.4 Å². The maximum Gasteiger partial charge on any atom is 0.184 e. The monoisotopic (exact) mass is 430 g/mol. The molecule has 1 unspecified atom stereocenters. The van der Waals surface area contributed by atoms with E-state index in [0.717, 1.165) is 30.5 Å². The van der Waals surface area contributed by atoms with Gasteiger partial charge in [0.1, 0.15) is 5.82 Å². The van der Waals surface area contributed by atoms with E-state index >= 15 is 0 Å². The maximum atomic E-state index is 14.2. The Morgan fingerprint density at radius 2 is 2.13 bits per heavy atom. The standard InChI is InChI=1S/C21H31FN8O/c1-12-9-28-7-5-6-14(28)10-29(12)20(31)30-11-15-17(21(30,3)4)26-27-18(15)25-19-16(22)8-23-13(2)24-19/h8,12,14,20,31H,5-7,9-11H2,1-4H3,(H2,23,24,25,26,27)/t12-,14-,20?/m0/s1. The van der Waals surface area contributed by atoms with Crippen molar-refractivity contribution in [3.05, 3.63) is 29.1 Å². The van der Waals surface area contributed by atoms with Crippen LogP contribution in [0.3, 0.4) is 0 Å². The van der Waals surface area contributed by atoms with Gasteiger partial charge in [-0.15, -0.1) is 0 Å². The summed E-state index contributed by atoms with van der Waals surface area (Å²) in [6, 6.07) is 0.796. The molecule has 0 saturated carbocycles. The van der Waals surface area contributed by atoms with E-state index in [9.17, 15) is 9.50 Å². The van der Waals surface area contributed by atoms with Crippen LogP contribution in [0.5, 0.6) is 0 Å². The Morgan fingerprint density at radius 1 is 1.32 bits per heavy atom. The predicted octanol–water partition coefficient (Wildman–Crippen LogP) is 1.89. The second kappa shape index (κ2) is 7.47. The molecule has 0 aliphatic carbocycles. The normalized spacial score (nSPS) is 27.3. The largest absolute Gasteiger partial charge is 0.365 e. The summed E-state index contributed by atoms with van der Waals surface area (Å²) in [7, 11) is 0. The van der Waals surface area contributed by atoms with Gasteiger partial charge in [-0.1, -0.05) is 0 Å². The zero-order valence-electron chi connectivity index (χ0n) is 18.6. The van der Waals surface area contributed by atoms with Crippen LogP contribution in [0.2, 0.25) is 0 Å². The summed E-state index contributed by atoms with van der Waals surface area (Å²) >= 11 is 0. The minimum absolute atomic E-state index is 0.101. The highest BCUT2D eigenvalue weighted by Gasteiger charge is 2.48. The minimum Gasteiger partial charge on any atom is -0.365 e. The number of aliphatic hydroxyl groups excluding tert-OH is 1. The lowest BCUT2D eigenvalue weighted by Gasteiger charge is -2.48. The number of aromatic nitrogens is 4. The molecule has 9 nitrogen and oxygen atoms in total. The number of nitrogens with zero attached hydrogens (tertiary/aromatic N) is 6. The molecule has 0 spiro atoms. The highest BCUT2D eigenvalue weighted by molar-refractivity contribution is 5.59. The van der Waals surface area contributed by atoms with Gasteiger partial charge >= 0.3 is 0 Å². The lowest BCUT2D eigenvalue weighted by Crippen LogP contribution is -2.63. The van der Waals surface area contributed by atoms with E-state index in [1.165, 1.54) is 19.4 Å². The lowest BCUT2D eigenvalue weighted by molar-refractivity contribution is -0.178. The second-order valence-electron chi connectivity index (χ2n) is 9.53. The average Bonchev–Trinajstić information content (AvgIpc) is 3.40. The van der Waals surface area contributed by atoms with Crippen molar-refractivity contribution in [2.24, 2.45) is 0 Å². The van der Waals surface area contributed by atoms with Crippen molar-refractivity contribution < 1.29 is 9.50 Å². The quantitative estimate of drug-likeness (QED) is 0.677. The molecule has 3 aliphatic heterocycles. The van der Waals surface area contributed by atoms with Crippen LogP contribution in [0.1, 0.15) is 50.7 Å². The SMILES string of the molecule is Cc1ncc(F)c(Nc2n[nH]c3c2CN(C(O)N2C[C@@H]4CCCN4C[C@@H]2C)C3(C)C)n1. The number of hydrogen-bond acceptors (Lipinski definition) is 8. The molecule has 3 atom stereocenters. The Kier molecular flexibility index (Phi) is 5.00. The number of hydrogen-bond donors (Lipinski definition) is 3. The first-order valence-electron chi connectivity index (χ1n) is 11.0. The molecular weight excluding hydrogens is 399 g/mol. The van der Waals surface area contributed by atoms with Gasteiger partial charge in [0.25, 0.3) is 0 Å². The van der Waals surface area contributed by atoms with Crippen molar-refractivity contribution in [2.45, 2.75) is 71.1 Å². The molecule has 0 bridgehead atoms. The van der Waals surface area contributed by atoms with Crippen LogP contribution in [0.15, 0.2) is 6.20 Å². The summed E-state index contributed by atoms with van der Waals surface area (Å²) in [5, 5.41) is 21.9. The number of piperazine rings is 1. The topological polar surface area (TPSA) is 96.4 Å². The van der Waals surface area contributed by atoms with Crippen LogP contribution in [0, 0.1) is 12.7 Å². The van der Waals surface area contributed by atoms with Gasteiger partial charge in [-0.2, -0.15) is 5.10 Å². The molecule has 3 N–H and O–H groups in total. The van der Waals surface area contributed by atoms with Gasteiger partial charge in [-0.3, -0.25) is 19.8 Å². The van der Waals surface area contributed by atoms with Crippen molar-refractivity contribution in [3.8, 4) is 0 Å². The first kappa shape index (κ1) is 20.7. The van der Waals surface area contributed by atoms with Gasteiger partial charge in [-0.25, -0.2) is 14.4 Å². The molecule has 0 aromatic carbocycles. The zero-order valence-corrected chi connectivity index (χ0v) is 18.6. The fraction of sp³-hybridized carbons (Fsp3) is 0.667. The lowest BCUT2D eigenvalue weighted by atomic mass is 10.0. The predicted molar refractivity (Wildman–Crippen MR) is 114 cm³/mol. The van der Waals surface area contributed by atoms with Crippen LogP contribution in [0.4, 0.5) is 16.0 Å². The zero-order chi connectivity index (χ0) is 21.9. The van der Waals surface area contributed by atoms with Crippen molar-refractivity contribution >= 4 is 11.6 Å². The van der Waals surface area contributed by atoms with E-state index in [1.807, 2.05) is 0 Å². The summed E-state index contributed by atoms with van der Waals surface area (Å²) in [5.41, 5.74) is 1.40. The van der Waals surface area contributed by atoms with Crippen LogP contribution in [0.25, 0.3) is 0 Å². The Labute approximate surface area is 181 Å². The summed E-state index contributed by atoms with van der Waals surface area (Å²) in [6.45, 7) is 11.6. The Hall–Kier alpha value is -2.14. The maximum absolute atomic E-state index is 14.2. The van der Waals surface area contributed by atoms with Crippen LogP contribution in [-0.2, 0) is 12.1 Å². The Morgan fingerprint density at radius 3 is 2.94 bits per heavy atom. The number of nitrogens with one attached hydrogen (secondary N) is 2. The Bertz CT molecular complexity index is 978. The number of aromatic amines is 1. The highest BCUT2D eigenvalue weighted by atomic mass is 19.1. The summed E-state index contributed by atoms with van der Waals surface area (Å²) in [5.74, 6) is 0.585. The van der Waals surface area contributed by atoms with E-state index < -0.39 is 17.7 Å². The van der Waals surface area contributed by atoms with Gasteiger partial charge in [0, 0.05) is 37.3 Å². The molecule has 3 aliphatic rings. The molecule has 2 aromatic heterocycles. The smallest absolute Gasteiger partial charge is 0.184 e. The third-order valence-electron chi connectivity index (χ3n) is 7.19. The van der Waals surface area contributed by atoms with Crippen molar-refractivity contribution in [2.75, 3.05) is 25.0 Å². The summed E-state index contributed by atoms with van der Waals surface area (Å²) < 4.78 is 14.2. The Balaban J connectivity index is 1.38. The van der Waals surface area contributed by atoms with Crippen LogP contribution < -0.4 is 5.32 Å². The number of rotatable bonds is 4. The molecule has 2 aromatic rings. The number of fused-ring (bicyclic) bond motifs is 2. The molecule has 10 heteroatoms. The fourth-order valence-corrected chi connectivity index (χ4v) is 5.38. The van der Waals surface area contributed by atoms with Gasteiger partial charge in [0.15, 0.2) is 23.8 Å². The van der Waals surface area contributed by atoms with E-state index in [0.29, 0.717) is 24.2 Å². The summed E-state index contributed by atoms with van der Waals surface area (Å²) in [6.07, 6.45) is 2.88. The van der Waals surface area contributed by atoms with Gasteiger partial charge < -0.3 is 10.4 Å². The number of H-pyrrole nitrogens is 1. The van der Waals surface area contributed by atoms with Gasteiger partial charge in [0.2, 0.25) is 0 Å².